The first kappa shape index (κ1) is 16.0. The van der Waals surface area contributed by atoms with Crippen LogP contribution in [0, 0.1) is 5.82 Å². The topological polar surface area (TPSA) is 35.5 Å². The minimum atomic E-state index is -0.380. The normalized spacial score (nSPS) is 10.3. The Balaban J connectivity index is 2.07. The van der Waals surface area contributed by atoms with Crippen LogP contribution in [0.3, 0.4) is 0 Å². The first-order valence-corrected chi connectivity index (χ1v) is 7.54. The van der Waals surface area contributed by atoms with E-state index < -0.39 is 0 Å². The summed E-state index contributed by atoms with van der Waals surface area (Å²) in [5.74, 6) is 0.556. The van der Waals surface area contributed by atoms with Gasteiger partial charge >= 0.3 is 0 Å². The fraction of sp³-hybridized carbons (Fsp3) is 0.133. The van der Waals surface area contributed by atoms with Crippen LogP contribution in [-0.2, 0) is 0 Å². The molecule has 0 bridgehead atoms. The first-order chi connectivity index (χ1) is 10.0. The van der Waals surface area contributed by atoms with E-state index in [2.05, 4.69) is 31.9 Å². The number of carbonyl (C=O) groups is 1. The molecular weight excluding hydrogens is 407 g/mol. The van der Waals surface area contributed by atoms with Crippen LogP contribution in [0.15, 0.2) is 45.3 Å². The zero-order valence-electron chi connectivity index (χ0n) is 11.0. The van der Waals surface area contributed by atoms with Crippen molar-refractivity contribution in [3.63, 3.8) is 0 Å². The highest BCUT2D eigenvalue weighted by Crippen LogP contribution is 2.36. The highest BCUT2D eigenvalue weighted by atomic mass is 79.9. The predicted octanol–water partition coefficient (Wildman–Crippen LogP) is 4.62. The molecule has 0 fully saturated rings. The minimum absolute atomic E-state index is 0.136. The molecule has 2 rings (SSSR count). The average Bonchev–Trinajstić information content (AvgIpc) is 2.48. The van der Waals surface area contributed by atoms with Gasteiger partial charge in [-0.05, 0) is 68.3 Å². The van der Waals surface area contributed by atoms with Crippen molar-refractivity contribution in [3.8, 4) is 11.5 Å². The van der Waals surface area contributed by atoms with Crippen LogP contribution in [0.4, 0.5) is 4.39 Å². The van der Waals surface area contributed by atoms with Gasteiger partial charge in [-0.1, -0.05) is 0 Å². The molecule has 0 aliphatic heterocycles. The maximum absolute atomic E-state index is 12.8. The number of ketones is 1. The molecule has 2 aromatic carbocycles. The molecule has 0 heterocycles. The van der Waals surface area contributed by atoms with Crippen LogP contribution in [0.1, 0.15) is 10.4 Å². The molecule has 3 nitrogen and oxygen atoms in total. The Kier molecular flexibility index (Phi) is 5.36. The Hall–Kier alpha value is -1.40. The number of Topliss-reactive ketones (excluding diaryl/α,β-unsaturated/α-hetero) is 1. The lowest BCUT2D eigenvalue weighted by molar-refractivity contribution is 0.0921. The summed E-state index contributed by atoms with van der Waals surface area (Å²) in [5.41, 5.74) is 0.403. The second-order valence-corrected chi connectivity index (χ2v) is 5.84. The Labute approximate surface area is 138 Å². The van der Waals surface area contributed by atoms with Gasteiger partial charge in [-0.25, -0.2) is 4.39 Å². The average molecular weight is 418 g/mol. The molecule has 2 aromatic rings. The summed E-state index contributed by atoms with van der Waals surface area (Å²) < 4.78 is 24.8. The summed E-state index contributed by atoms with van der Waals surface area (Å²) in [5, 5.41) is 0. The molecule has 6 heteroatoms. The maximum Gasteiger partial charge on any atom is 0.200 e. The van der Waals surface area contributed by atoms with Crippen LogP contribution in [0.2, 0.25) is 0 Å². The van der Waals surface area contributed by atoms with Gasteiger partial charge in [0.25, 0.3) is 0 Å². The van der Waals surface area contributed by atoms with E-state index in [1.165, 1.54) is 24.3 Å². The molecule has 0 amide bonds. The number of hydrogen-bond donors (Lipinski definition) is 0. The van der Waals surface area contributed by atoms with Crippen molar-refractivity contribution in [3.05, 3.63) is 56.7 Å². The van der Waals surface area contributed by atoms with Crippen molar-refractivity contribution in [2.24, 2.45) is 0 Å². The van der Waals surface area contributed by atoms with Gasteiger partial charge in [0.05, 0.1) is 16.1 Å². The quantitative estimate of drug-likeness (QED) is 0.666. The molecule has 0 saturated heterocycles. The monoisotopic (exact) mass is 416 g/mol. The van der Waals surface area contributed by atoms with Crippen LogP contribution in [0.5, 0.6) is 11.5 Å². The number of rotatable bonds is 5. The first-order valence-electron chi connectivity index (χ1n) is 5.96. The summed E-state index contributed by atoms with van der Waals surface area (Å²) in [4.78, 5) is 11.9. The van der Waals surface area contributed by atoms with Crippen LogP contribution < -0.4 is 9.47 Å². The summed E-state index contributed by atoms with van der Waals surface area (Å²) >= 11 is 6.70. The van der Waals surface area contributed by atoms with Gasteiger partial charge in [-0.2, -0.15) is 0 Å². The van der Waals surface area contributed by atoms with Crippen molar-refractivity contribution in [2.75, 3.05) is 13.7 Å². The third-order valence-electron chi connectivity index (χ3n) is 2.73. The van der Waals surface area contributed by atoms with Crippen molar-refractivity contribution >= 4 is 37.6 Å². The fourth-order valence-electron chi connectivity index (χ4n) is 1.64. The summed E-state index contributed by atoms with van der Waals surface area (Å²) in [7, 11) is 1.56. The van der Waals surface area contributed by atoms with Gasteiger partial charge in [0.2, 0.25) is 0 Å². The molecule has 0 unspecified atom stereocenters. The molecule has 0 spiro atoms. The minimum Gasteiger partial charge on any atom is -0.496 e. The molecule has 0 aliphatic carbocycles. The number of hydrogen-bond acceptors (Lipinski definition) is 3. The zero-order valence-corrected chi connectivity index (χ0v) is 14.2. The molecule has 0 atom stereocenters. The maximum atomic E-state index is 12.8. The largest absolute Gasteiger partial charge is 0.496 e. The second-order valence-electron chi connectivity index (χ2n) is 4.14. The smallest absolute Gasteiger partial charge is 0.200 e. The van der Waals surface area contributed by atoms with Crippen LogP contribution in [0.25, 0.3) is 0 Å². The van der Waals surface area contributed by atoms with E-state index in [0.29, 0.717) is 21.5 Å². The number of methoxy groups -OCH3 is 1. The van der Waals surface area contributed by atoms with Crippen molar-refractivity contribution < 1.29 is 18.7 Å². The highest BCUT2D eigenvalue weighted by Gasteiger charge is 2.11. The lowest BCUT2D eigenvalue weighted by Gasteiger charge is -2.10. The van der Waals surface area contributed by atoms with Crippen molar-refractivity contribution in [2.45, 2.75) is 0 Å². The Morgan fingerprint density at radius 1 is 1.10 bits per heavy atom. The van der Waals surface area contributed by atoms with Crippen LogP contribution in [-0.4, -0.2) is 19.5 Å². The zero-order chi connectivity index (χ0) is 15.4. The van der Waals surface area contributed by atoms with Gasteiger partial charge in [-0.3, -0.25) is 4.79 Å². The lowest BCUT2D eigenvalue weighted by atomic mass is 10.1. The van der Waals surface area contributed by atoms with E-state index in [1.807, 2.05) is 0 Å². The van der Waals surface area contributed by atoms with Crippen molar-refractivity contribution in [1.29, 1.82) is 0 Å². The van der Waals surface area contributed by atoms with E-state index >= 15 is 0 Å². The third-order valence-corrected chi connectivity index (χ3v) is 3.97. The number of carbonyl (C=O) groups excluding carboxylic acids is 1. The van der Waals surface area contributed by atoms with Gasteiger partial charge in [-0.15, -0.1) is 0 Å². The van der Waals surface area contributed by atoms with E-state index in [0.717, 1.165) is 4.47 Å². The Morgan fingerprint density at radius 3 is 2.29 bits per heavy atom. The second kappa shape index (κ2) is 7.04. The number of benzene rings is 2. The number of ether oxygens (including phenoxy) is 2. The molecule has 0 saturated carbocycles. The van der Waals surface area contributed by atoms with E-state index in [9.17, 15) is 9.18 Å². The van der Waals surface area contributed by atoms with Gasteiger partial charge < -0.3 is 9.47 Å². The van der Waals surface area contributed by atoms with Crippen molar-refractivity contribution in [1.82, 2.24) is 0 Å². The lowest BCUT2D eigenvalue weighted by Crippen LogP contribution is -2.11. The predicted molar refractivity (Wildman–Crippen MR) is 84.6 cm³/mol. The molecule has 0 radical (unpaired) electrons. The molecule has 0 N–H and O–H groups in total. The van der Waals surface area contributed by atoms with E-state index in [1.54, 1.807) is 19.2 Å². The van der Waals surface area contributed by atoms with Gasteiger partial charge in [0.15, 0.2) is 12.4 Å². The number of halogens is 3. The standard InChI is InChI=1S/C15H11Br2FO3/c1-20-14-6-12(17)15(7-11(14)16)21-8-13(19)9-2-4-10(18)5-3-9/h2-7H,8H2,1H3. The Bertz CT molecular complexity index is 657. The summed E-state index contributed by atoms with van der Waals surface area (Å²) in [6.07, 6.45) is 0. The van der Waals surface area contributed by atoms with Gasteiger partial charge in [0.1, 0.15) is 17.3 Å². The molecule has 0 aliphatic rings. The SMILES string of the molecule is COc1cc(Br)c(OCC(=O)c2ccc(F)cc2)cc1Br. The van der Waals surface area contributed by atoms with E-state index in [4.69, 9.17) is 9.47 Å². The molecule has 0 aromatic heterocycles. The Morgan fingerprint density at radius 2 is 1.67 bits per heavy atom. The molecule has 21 heavy (non-hydrogen) atoms. The molecular formula is C15H11Br2FO3. The third kappa shape index (κ3) is 4.04. The summed E-state index contributed by atoms with van der Waals surface area (Å²) in [6.45, 7) is -0.136. The fourth-order valence-corrected chi connectivity index (χ4v) is 2.56. The summed E-state index contributed by atoms with van der Waals surface area (Å²) in [6, 6.07) is 8.79. The molecule has 110 valence electrons. The van der Waals surface area contributed by atoms with E-state index in [-0.39, 0.29) is 18.2 Å². The van der Waals surface area contributed by atoms with Crippen LogP contribution >= 0.6 is 31.9 Å². The van der Waals surface area contributed by atoms with Gasteiger partial charge in [0, 0.05) is 5.56 Å². The highest BCUT2D eigenvalue weighted by molar-refractivity contribution is 9.11.